The van der Waals surface area contributed by atoms with E-state index < -0.39 is 34.8 Å². The summed E-state index contributed by atoms with van der Waals surface area (Å²) in [5.74, 6) is -3.20. The predicted molar refractivity (Wildman–Crippen MR) is 133 cm³/mol. The van der Waals surface area contributed by atoms with E-state index in [1.165, 1.54) is 13.3 Å². The summed E-state index contributed by atoms with van der Waals surface area (Å²) >= 11 is 6.35. The largest absolute Gasteiger partial charge is 0.497 e. The molecule has 37 heavy (non-hydrogen) atoms. The minimum Gasteiger partial charge on any atom is -0.497 e. The van der Waals surface area contributed by atoms with Crippen LogP contribution in [0.4, 0.5) is 17.6 Å². The van der Waals surface area contributed by atoms with Crippen LogP contribution in [-0.2, 0) is 0 Å². The number of fused-ring (bicyclic) bond motifs is 1. The van der Waals surface area contributed by atoms with Gasteiger partial charge in [-0.1, -0.05) is 11.6 Å². The first kappa shape index (κ1) is 27.4. The highest BCUT2D eigenvalue weighted by atomic mass is 35.5. The number of aliphatic hydroxyl groups excluding tert-OH is 1. The Bertz CT molecular complexity index is 1210. The molecule has 4 rings (SSSR count). The van der Waals surface area contributed by atoms with E-state index >= 15 is 4.39 Å². The molecule has 1 aliphatic rings. The van der Waals surface area contributed by atoms with E-state index in [2.05, 4.69) is 9.88 Å². The number of hydrogen-bond acceptors (Lipinski definition) is 5. The average molecular weight is 541 g/mol. The second-order valence-corrected chi connectivity index (χ2v) is 9.86. The number of nitrogens with zero attached hydrogens (tertiary/aromatic N) is 2. The summed E-state index contributed by atoms with van der Waals surface area (Å²) in [5.41, 5.74) is 0.549. The Kier molecular flexibility index (Phi) is 8.77. The summed E-state index contributed by atoms with van der Waals surface area (Å²) < 4.78 is 66.6. The van der Waals surface area contributed by atoms with Crippen LogP contribution in [0.1, 0.15) is 37.4 Å². The van der Waals surface area contributed by atoms with Crippen molar-refractivity contribution in [2.75, 3.05) is 40.0 Å². The fraction of sp³-hybridized carbons (Fsp3) is 0.444. The van der Waals surface area contributed by atoms with Crippen LogP contribution in [0.2, 0.25) is 5.02 Å². The van der Waals surface area contributed by atoms with Gasteiger partial charge in [-0.2, -0.15) is 0 Å². The number of halogens is 5. The highest BCUT2D eigenvalue weighted by Crippen LogP contribution is 2.41. The summed E-state index contributed by atoms with van der Waals surface area (Å²) in [6.07, 6.45) is 2.01. The molecular formula is C27H29ClF4N2O3. The first-order chi connectivity index (χ1) is 17.7. The summed E-state index contributed by atoms with van der Waals surface area (Å²) in [6, 6.07) is 6.39. The molecule has 1 fully saturated rings. The van der Waals surface area contributed by atoms with Gasteiger partial charge in [0, 0.05) is 42.4 Å². The lowest BCUT2D eigenvalue weighted by atomic mass is 9.74. The van der Waals surface area contributed by atoms with E-state index in [9.17, 15) is 18.3 Å². The maximum absolute atomic E-state index is 15.6. The second-order valence-electron chi connectivity index (χ2n) is 9.46. The predicted octanol–water partition coefficient (Wildman–Crippen LogP) is 6.26. The number of alkyl halides is 1. The fourth-order valence-electron chi connectivity index (χ4n) is 4.87. The third kappa shape index (κ3) is 6.27. The smallest absolute Gasteiger partial charge is 0.190 e. The lowest BCUT2D eigenvalue weighted by Gasteiger charge is -2.41. The summed E-state index contributed by atoms with van der Waals surface area (Å²) in [5, 5.41) is 11.0. The molecule has 0 amide bonds. The molecule has 1 N–H and O–H groups in total. The molecule has 3 aromatic rings. The number of hydrogen-bond donors (Lipinski definition) is 1. The molecule has 200 valence electrons. The van der Waals surface area contributed by atoms with Crippen molar-refractivity contribution in [2.24, 2.45) is 5.41 Å². The van der Waals surface area contributed by atoms with Gasteiger partial charge < -0.3 is 14.6 Å². The number of methoxy groups -OCH3 is 1. The molecule has 0 spiro atoms. The van der Waals surface area contributed by atoms with E-state index in [1.807, 2.05) is 0 Å². The normalized spacial score (nSPS) is 16.6. The second kappa shape index (κ2) is 11.8. The molecule has 1 saturated heterocycles. The molecule has 2 heterocycles. The van der Waals surface area contributed by atoms with Crippen molar-refractivity contribution in [3.8, 4) is 11.5 Å². The first-order valence-corrected chi connectivity index (χ1v) is 12.5. The van der Waals surface area contributed by atoms with Crippen LogP contribution in [0.15, 0.2) is 36.5 Å². The molecule has 10 heteroatoms. The van der Waals surface area contributed by atoms with Gasteiger partial charge in [-0.05, 0) is 62.4 Å². The highest BCUT2D eigenvalue weighted by molar-refractivity contribution is 6.32. The van der Waals surface area contributed by atoms with Crippen molar-refractivity contribution in [3.05, 3.63) is 64.6 Å². The number of rotatable bonds is 10. The number of piperidine rings is 1. The molecular weight excluding hydrogens is 512 g/mol. The van der Waals surface area contributed by atoms with Crippen LogP contribution in [0.25, 0.3) is 10.9 Å². The minimum absolute atomic E-state index is 0.0230. The van der Waals surface area contributed by atoms with Gasteiger partial charge in [-0.25, -0.2) is 17.6 Å². The molecule has 0 bridgehead atoms. The fourth-order valence-corrected chi connectivity index (χ4v) is 5.14. The Labute approximate surface area is 218 Å². The van der Waals surface area contributed by atoms with Gasteiger partial charge in [-0.3, -0.25) is 9.88 Å². The van der Waals surface area contributed by atoms with Gasteiger partial charge >= 0.3 is 0 Å². The molecule has 2 aromatic carbocycles. The van der Waals surface area contributed by atoms with Crippen molar-refractivity contribution in [1.82, 2.24) is 9.88 Å². The summed E-state index contributed by atoms with van der Waals surface area (Å²) in [7, 11) is 1.54. The number of aliphatic hydroxyl groups is 1. The van der Waals surface area contributed by atoms with Gasteiger partial charge in [0.25, 0.3) is 0 Å². The Morgan fingerprint density at radius 3 is 2.49 bits per heavy atom. The van der Waals surface area contributed by atoms with Crippen molar-refractivity contribution in [3.63, 3.8) is 0 Å². The van der Waals surface area contributed by atoms with Gasteiger partial charge in [0.15, 0.2) is 17.4 Å². The SMILES string of the molecule is COc1ccc2ncc(Cl)c([C@@H](F)CCC3(CO)CCN(CCOc4c(F)cc(F)cc4F)CC3)c2c1. The highest BCUT2D eigenvalue weighted by Gasteiger charge is 2.35. The first-order valence-electron chi connectivity index (χ1n) is 12.1. The monoisotopic (exact) mass is 540 g/mol. The maximum atomic E-state index is 15.6. The van der Waals surface area contributed by atoms with E-state index in [0.29, 0.717) is 73.2 Å². The number of pyridine rings is 1. The number of ether oxygens (including phenoxy) is 2. The van der Waals surface area contributed by atoms with E-state index in [-0.39, 0.29) is 24.7 Å². The van der Waals surface area contributed by atoms with Crippen LogP contribution < -0.4 is 9.47 Å². The van der Waals surface area contributed by atoms with Gasteiger partial charge in [0.2, 0.25) is 0 Å². The van der Waals surface area contributed by atoms with Crippen LogP contribution in [-0.4, -0.2) is 54.9 Å². The minimum atomic E-state index is -1.35. The Morgan fingerprint density at radius 1 is 1.14 bits per heavy atom. The Hall–Kier alpha value is -2.62. The van der Waals surface area contributed by atoms with Gasteiger partial charge in [-0.15, -0.1) is 0 Å². The zero-order valence-electron chi connectivity index (χ0n) is 20.5. The van der Waals surface area contributed by atoms with Crippen molar-refractivity contribution in [1.29, 1.82) is 0 Å². The van der Waals surface area contributed by atoms with Crippen LogP contribution in [0.5, 0.6) is 11.5 Å². The number of benzene rings is 2. The number of aromatic nitrogens is 1. The average Bonchev–Trinajstić information content (AvgIpc) is 2.89. The van der Waals surface area contributed by atoms with Crippen LogP contribution in [0.3, 0.4) is 0 Å². The molecule has 0 unspecified atom stereocenters. The molecule has 1 aromatic heterocycles. The molecule has 0 saturated carbocycles. The number of likely N-dealkylation sites (tertiary alicyclic amines) is 1. The maximum Gasteiger partial charge on any atom is 0.190 e. The topological polar surface area (TPSA) is 54.8 Å². The zero-order valence-corrected chi connectivity index (χ0v) is 21.2. The standard InChI is InChI=1S/C27H29ClF4N2O3/c1-36-18-2-3-24-19(14-18)25(20(28)15-33-24)21(30)4-5-27(16-35)6-8-34(9-7-27)10-11-37-26-22(31)12-17(29)13-23(26)32/h2-3,12-15,21,35H,4-11,16H2,1H3/t21-/m0/s1. The third-order valence-electron chi connectivity index (χ3n) is 7.18. The summed E-state index contributed by atoms with van der Waals surface area (Å²) in [4.78, 5) is 6.33. The van der Waals surface area contributed by atoms with E-state index in [1.54, 1.807) is 18.2 Å². The Morgan fingerprint density at radius 2 is 1.84 bits per heavy atom. The third-order valence-corrected chi connectivity index (χ3v) is 7.48. The quantitative estimate of drug-likeness (QED) is 0.308. The van der Waals surface area contributed by atoms with Gasteiger partial charge in [0.1, 0.15) is 24.3 Å². The molecule has 0 aliphatic carbocycles. The van der Waals surface area contributed by atoms with Crippen LogP contribution >= 0.6 is 11.6 Å². The molecule has 1 aliphatic heterocycles. The van der Waals surface area contributed by atoms with Gasteiger partial charge in [0.05, 0.1) is 17.6 Å². The van der Waals surface area contributed by atoms with E-state index in [4.69, 9.17) is 21.1 Å². The Balaban J connectivity index is 1.33. The van der Waals surface area contributed by atoms with E-state index in [0.717, 1.165) is 0 Å². The van der Waals surface area contributed by atoms with Crippen molar-refractivity contribution < 1.29 is 32.1 Å². The van der Waals surface area contributed by atoms with Crippen LogP contribution in [0, 0.1) is 22.9 Å². The molecule has 0 radical (unpaired) electrons. The molecule has 5 nitrogen and oxygen atoms in total. The zero-order chi connectivity index (χ0) is 26.6. The van der Waals surface area contributed by atoms with Crippen molar-refractivity contribution in [2.45, 2.75) is 31.9 Å². The lowest BCUT2D eigenvalue weighted by molar-refractivity contribution is 0.0263. The van der Waals surface area contributed by atoms with Crippen molar-refractivity contribution >= 4 is 22.5 Å². The summed E-state index contributed by atoms with van der Waals surface area (Å²) in [6.45, 7) is 1.59. The lowest BCUT2D eigenvalue weighted by Crippen LogP contribution is -2.43. The molecule has 1 atom stereocenters.